The van der Waals surface area contributed by atoms with Gasteiger partial charge < -0.3 is 15.0 Å². The van der Waals surface area contributed by atoms with Crippen LogP contribution in [-0.2, 0) is 19.1 Å². The lowest BCUT2D eigenvalue weighted by molar-refractivity contribution is -0.133. The van der Waals surface area contributed by atoms with Gasteiger partial charge in [0.25, 0.3) is 5.91 Å². The summed E-state index contributed by atoms with van der Waals surface area (Å²) >= 11 is 7.19. The molecule has 138 valence electrons. The summed E-state index contributed by atoms with van der Waals surface area (Å²) in [6, 6.07) is 6.88. The van der Waals surface area contributed by atoms with Crippen LogP contribution in [0.15, 0.2) is 29.3 Å². The first-order chi connectivity index (χ1) is 12.5. The highest BCUT2D eigenvalue weighted by atomic mass is 35.5. The molecule has 1 N–H and O–H groups in total. The van der Waals surface area contributed by atoms with E-state index in [2.05, 4.69) is 10.3 Å². The lowest BCUT2D eigenvalue weighted by atomic mass is 10.2. The minimum atomic E-state index is -0.607. The fourth-order valence-electron chi connectivity index (χ4n) is 2.63. The molecule has 0 bridgehead atoms. The molecule has 0 spiro atoms. The monoisotopic (exact) mass is 395 g/mol. The Morgan fingerprint density at radius 2 is 2.04 bits per heavy atom. The number of nitrogens with zero attached hydrogens (tertiary/aromatic N) is 2. The highest BCUT2D eigenvalue weighted by Crippen LogP contribution is 2.28. The molecule has 0 aliphatic carbocycles. The SMILES string of the molecule is O=C(C[C@H]1SC(CC(=O)N2CCOCC2)=NC1=O)Nc1ccccc1Cl. The van der Waals surface area contributed by atoms with Crippen molar-refractivity contribution in [1.82, 2.24) is 4.90 Å². The van der Waals surface area contributed by atoms with E-state index in [0.29, 0.717) is 42.1 Å². The van der Waals surface area contributed by atoms with Crippen molar-refractivity contribution in [2.75, 3.05) is 31.6 Å². The lowest BCUT2D eigenvalue weighted by Gasteiger charge is -2.26. The number of nitrogens with one attached hydrogen (secondary N) is 1. The maximum atomic E-state index is 12.2. The number of ether oxygens (including phenoxy) is 1. The Kier molecular flexibility index (Phi) is 6.29. The van der Waals surface area contributed by atoms with E-state index < -0.39 is 5.25 Å². The van der Waals surface area contributed by atoms with E-state index in [1.807, 2.05) is 0 Å². The number of anilines is 1. The molecule has 1 atom stereocenters. The Labute approximate surface area is 160 Å². The largest absolute Gasteiger partial charge is 0.378 e. The lowest BCUT2D eigenvalue weighted by Crippen LogP contribution is -2.41. The van der Waals surface area contributed by atoms with Crippen molar-refractivity contribution in [3.63, 3.8) is 0 Å². The Balaban J connectivity index is 1.50. The maximum absolute atomic E-state index is 12.2. The minimum absolute atomic E-state index is 0.0204. The third kappa shape index (κ3) is 4.84. The molecule has 0 unspecified atom stereocenters. The standard InChI is InChI=1S/C17H18ClN3O4S/c18-11-3-1-2-4-12(11)19-14(22)9-13-17(24)20-15(26-13)10-16(23)21-5-7-25-8-6-21/h1-4,13H,5-10H2,(H,19,22)/t13-/m1/s1. The highest BCUT2D eigenvalue weighted by Gasteiger charge is 2.32. The molecule has 0 saturated carbocycles. The van der Waals surface area contributed by atoms with Gasteiger partial charge in [-0.15, -0.1) is 0 Å². The van der Waals surface area contributed by atoms with Crippen molar-refractivity contribution in [2.24, 2.45) is 4.99 Å². The number of benzene rings is 1. The molecule has 7 nitrogen and oxygen atoms in total. The molecule has 2 aliphatic rings. The van der Waals surface area contributed by atoms with Crippen molar-refractivity contribution >= 4 is 51.8 Å². The van der Waals surface area contributed by atoms with Crippen LogP contribution in [0.4, 0.5) is 5.69 Å². The number of aliphatic imine (C=N–C) groups is 1. The first-order valence-electron chi connectivity index (χ1n) is 8.21. The Morgan fingerprint density at radius 1 is 1.31 bits per heavy atom. The molecule has 3 rings (SSSR count). The quantitative estimate of drug-likeness (QED) is 0.823. The van der Waals surface area contributed by atoms with Gasteiger partial charge >= 0.3 is 0 Å². The molecule has 2 heterocycles. The van der Waals surface area contributed by atoms with Crippen LogP contribution >= 0.6 is 23.4 Å². The van der Waals surface area contributed by atoms with E-state index in [1.165, 1.54) is 11.8 Å². The molecule has 1 fully saturated rings. The third-order valence-corrected chi connectivity index (χ3v) is 5.46. The molecule has 3 amide bonds. The zero-order valence-electron chi connectivity index (χ0n) is 13.9. The van der Waals surface area contributed by atoms with Crippen molar-refractivity contribution in [1.29, 1.82) is 0 Å². The third-order valence-electron chi connectivity index (χ3n) is 3.97. The van der Waals surface area contributed by atoms with E-state index in [1.54, 1.807) is 29.2 Å². The van der Waals surface area contributed by atoms with E-state index in [0.717, 1.165) is 0 Å². The molecule has 26 heavy (non-hydrogen) atoms. The summed E-state index contributed by atoms with van der Waals surface area (Å²) in [7, 11) is 0. The maximum Gasteiger partial charge on any atom is 0.260 e. The van der Waals surface area contributed by atoms with Crippen molar-refractivity contribution < 1.29 is 19.1 Å². The van der Waals surface area contributed by atoms with Gasteiger partial charge in [-0.25, -0.2) is 4.99 Å². The molecule has 1 aromatic carbocycles. The fourth-order valence-corrected chi connectivity index (χ4v) is 3.88. The zero-order valence-corrected chi connectivity index (χ0v) is 15.5. The number of carbonyl (C=O) groups excluding carboxylic acids is 3. The number of thioether (sulfide) groups is 1. The summed E-state index contributed by atoms with van der Waals surface area (Å²) in [6.45, 7) is 2.15. The molecule has 1 saturated heterocycles. The second-order valence-corrected chi connectivity index (χ2v) is 7.54. The first-order valence-corrected chi connectivity index (χ1v) is 9.46. The number of amides is 3. The van der Waals surface area contributed by atoms with Gasteiger partial charge in [-0.3, -0.25) is 14.4 Å². The second-order valence-electron chi connectivity index (χ2n) is 5.85. The Hall–Kier alpha value is -1.90. The van der Waals surface area contributed by atoms with Gasteiger partial charge in [0.2, 0.25) is 11.8 Å². The van der Waals surface area contributed by atoms with E-state index >= 15 is 0 Å². The number of rotatable bonds is 5. The number of para-hydroxylation sites is 1. The molecule has 1 aromatic rings. The van der Waals surface area contributed by atoms with Crippen LogP contribution < -0.4 is 5.32 Å². The topological polar surface area (TPSA) is 88.1 Å². The number of morpholine rings is 1. The van der Waals surface area contributed by atoms with Crippen LogP contribution in [0.5, 0.6) is 0 Å². The molecule has 9 heteroatoms. The number of hydrogen-bond acceptors (Lipinski definition) is 5. The van der Waals surface area contributed by atoms with E-state index in [4.69, 9.17) is 16.3 Å². The summed E-state index contributed by atoms with van der Waals surface area (Å²) in [6.07, 6.45) is 0.0620. The van der Waals surface area contributed by atoms with E-state index in [-0.39, 0.29) is 30.6 Å². The number of carbonyl (C=O) groups is 3. The molecule has 0 radical (unpaired) electrons. The number of halogens is 1. The van der Waals surface area contributed by atoms with Crippen molar-refractivity contribution in [2.45, 2.75) is 18.1 Å². The predicted octanol–water partition coefficient (Wildman–Crippen LogP) is 1.96. The van der Waals surface area contributed by atoms with Crippen LogP contribution in [0.2, 0.25) is 5.02 Å². The summed E-state index contributed by atoms with van der Waals surface area (Å²) in [5.41, 5.74) is 0.498. The minimum Gasteiger partial charge on any atom is -0.378 e. The normalized spacial score (nSPS) is 20.0. The summed E-state index contributed by atoms with van der Waals surface area (Å²) < 4.78 is 5.22. The van der Waals surface area contributed by atoms with Gasteiger partial charge in [-0.1, -0.05) is 35.5 Å². The Morgan fingerprint density at radius 3 is 2.77 bits per heavy atom. The summed E-state index contributed by atoms with van der Waals surface area (Å²) in [4.78, 5) is 42.1. The molecular formula is C17H18ClN3O4S. The number of hydrogen-bond donors (Lipinski definition) is 1. The smallest absolute Gasteiger partial charge is 0.260 e. The van der Waals surface area contributed by atoms with Gasteiger partial charge in [0.1, 0.15) is 5.25 Å². The van der Waals surface area contributed by atoms with Gasteiger partial charge in [-0.2, -0.15) is 0 Å². The van der Waals surface area contributed by atoms with Gasteiger partial charge in [0, 0.05) is 19.5 Å². The van der Waals surface area contributed by atoms with Crippen LogP contribution in [0.1, 0.15) is 12.8 Å². The van der Waals surface area contributed by atoms with Crippen LogP contribution in [0.25, 0.3) is 0 Å². The van der Waals surface area contributed by atoms with Gasteiger partial charge in [0.05, 0.1) is 35.4 Å². The Bertz CT molecular complexity index is 749. The molecular weight excluding hydrogens is 378 g/mol. The highest BCUT2D eigenvalue weighted by molar-refractivity contribution is 8.15. The zero-order chi connectivity index (χ0) is 18.5. The summed E-state index contributed by atoms with van der Waals surface area (Å²) in [5.74, 6) is -0.775. The average Bonchev–Trinajstić information content (AvgIpc) is 2.96. The predicted molar refractivity (Wildman–Crippen MR) is 101 cm³/mol. The van der Waals surface area contributed by atoms with Gasteiger partial charge in [0.15, 0.2) is 0 Å². The average molecular weight is 396 g/mol. The van der Waals surface area contributed by atoms with Crippen molar-refractivity contribution in [3.8, 4) is 0 Å². The fraction of sp³-hybridized carbons (Fsp3) is 0.412. The molecule has 2 aliphatic heterocycles. The van der Waals surface area contributed by atoms with Crippen LogP contribution in [-0.4, -0.2) is 59.2 Å². The van der Waals surface area contributed by atoms with Crippen LogP contribution in [0, 0.1) is 0 Å². The summed E-state index contributed by atoms with van der Waals surface area (Å²) in [5, 5.41) is 2.97. The first kappa shape index (κ1) is 18.9. The van der Waals surface area contributed by atoms with Crippen LogP contribution in [0.3, 0.4) is 0 Å². The van der Waals surface area contributed by atoms with Gasteiger partial charge in [-0.05, 0) is 12.1 Å². The second kappa shape index (κ2) is 8.66. The van der Waals surface area contributed by atoms with Crippen molar-refractivity contribution in [3.05, 3.63) is 29.3 Å². The molecule has 0 aromatic heterocycles. The van der Waals surface area contributed by atoms with E-state index in [9.17, 15) is 14.4 Å².